The highest BCUT2D eigenvalue weighted by atomic mass is 32.2. The van der Waals surface area contributed by atoms with E-state index in [0.717, 1.165) is 31.2 Å². The average Bonchev–Trinajstić information content (AvgIpc) is 2.83. The fraction of sp³-hybridized carbons (Fsp3) is 0.565. The Kier molecular flexibility index (Phi) is 7.92. The van der Waals surface area contributed by atoms with E-state index in [2.05, 4.69) is 10.2 Å². The van der Waals surface area contributed by atoms with E-state index in [9.17, 15) is 26.0 Å². The monoisotopic (exact) mass is 516 g/mol. The van der Waals surface area contributed by atoms with Crippen molar-refractivity contribution in [1.82, 2.24) is 14.9 Å². The van der Waals surface area contributed by atoms with Crippen molar-refractivity contribution >= 4 is 15.8 Å². The molecule has 12 heteroatoms. The second kappa shape index (κ2) is 10.8. The summed E-state index contributed by atoms with van der Waals surface area (Å²) >= 11 is 0. The summed E-state index contributed by atoms with van der Waals surface area (Å²) in [5, 5.41) is 7.90. The summed E-state index contributed by atoms with van der Waals surface area (Å²) in [5.41, 5.74) is -4.42. The quantitative estimate of drug-likeness (QED) is 0.561. The number of nitrogens with one attached hydrogen (secondary N) is 1. The summed E-state index contributed by atoms with van der Waals surface area (Å²) in [4.78, 5) is 1.88. The number of ether oxygens (including phenoxy) is 1. The number of alkyl halides is 3. The molecule has 0 unspecified atom stereocenters. The summed E-state index contributed by atoms with van der Waals surface area (Å²) in [6.45, 7) is 0.721. The van der Waals surface area contributed by atoms with Crippen molar-refractivity contribution in [3.8, 4) is 0 Å². The predicted octanol–water partition coefficient (Wildman–Crippen LogP) is 3.99. The Bertz CT molecular complexity index is 1080. The van der Waals surface area contributed by atoms with Gasteiger partial charge in [-0.15, -0.1) is 5.10 Å². The molecule has 0 amide bonds. The first-order valence-electron chi connectivity index (χ1n) is 11.6. The van der Waals surface area contributed by atoms with Crippen LogP contribution in [0.1, 0.15) is 43.6 Å². The van der Waals surface area contributed by atoms with Gasteiger partial charge in [0.25, 0.3) is 0 Å². The van der Waals surface area contributed by atoms with Gasteiger partial charge in [-0.05, 0) is 67.9 Å². The lowest BCUT2D eigenvalue weighted by Gasteiger charge is -2.40. The lowest BCUT2D eigenvalue weighted by atomic mass is 9.82. The maximum absolute atomic E-state index is 13.6. The van der Waals surface area contributed by atoms with Gasteiger partial charge in [-0.25, -0.2) is 17.5 Å². The first kappa shape index (κ1) is 25.8. The maximum Gasteiger partial charge on any atom is 0.511 e. The lowest BCUT2D eigenvalue weighted by molar-refractivity contribution is -0.0460. The number of hydrogen-bond acceptors (Lipinski definition) is 6. The van der Waals surface area contributed by atoms with Crippen LogP contribution in [-0.2, 0) is 14.8 Å². The number of rotatable bonds is 7. The number of nitrogens with zero attached hydrogens (tertiary/aromatic N) is 3. The number of aromatic nitrogens is 2. The molecular weight excluding hydrogens is 488 g/mol. The molecule has 2 fully saturated rings. The van der Waals surface area contributed by atoms with E-state index in [1.54, 1.807) is 24.3 Å². The SMILES string of the molecule is O=S(=O)(N[C@H]1CCN(c2cccnn2)C[C@H]1CO[C@H]1CC[C@@H](c2cccc(F)c2)CC1)C(F)(F)F. The topological polar surface area (TPSA) is 84.4 Å². The molecule has 0 spiro atoms. The Balaban J connectivity index is 1.39. The largest absolute Gasteiger partial charge is 0.511 e. The Labute approximate surface area is 201 Å². The van der Waals surface area contributed by atoms with Crippen LogP contribution in [0.15, 0.2) is 42.6 Å². The van der Waals surface area contributed by atoms with E-state index >= 15 is 0 Å². The van der Waals surface area contributed by atoms with Crippen molar-refractivity contribution < 1.29 is 30.7 Å². The molecule has 7 nitrogen and oxygen atoms in total. The fourth-order valence-corrected chi connectivity index (χ4v) is 5.72. The Morgan fingerprint density at radius 2 is 1.86 bits per heavy atom. The standard InChI is InChI=1S/C23H28F4N4O3S/c24-19-4-1-3-17(13-19)16-6-8-20(9-7-16)34-15-18-14-31(22-5-2-11-28-29-22)12-10-21(18)30-35(32,33)23(25,26)27/h1-5,11,13,16,18,20-21,30H,6-10,12,14-15H2/t16-,18-,20+,21-/m0/s1. The molecule has 0 bridgehead atoms. The second-order valence-electron chi connectivity index (χ2n) is 9.11. The third kappa shape index (κ3) is 6.47. The summed E-state index contributed by atoms with van der Waals surface area (Å²) in [6.07, 6.45) is 4.71. The summed E-state index contributed by atoms with van der Waals surface area (Å²) < 4.78 is 84.1. The summed E-state index contributed by atoms with van der Waals surface area (Å²) in [6, 6.07) is 9.11. The van der Waals surface area contributed by atoms with Crippen LogP contribution >= 0.6 is 0 Å². The van der Waals surface area contributed by atoms with Gasteiger partial charge in [-0.1, -0.05) is 12.1 Å². The number of anilines is 1. The maximum atomic E-state index is 13.6. The van der Waals surface area contributed by atoms with E-state index in [1.807, 2.05) is 15.7 Å². The van der Waals surface area contributed by atoms with Crippen LogP contribution in [0.3, 0.4) is 0 Å². The van der Waals surface area contributed by atoms with Crippen LogP contribution in [0, 0.1) is 11.7 Å². The van der Waals surface area contributed by atoms with Crippen molar-refractivity contribution in [3.63, 3.8) is 0 Å². The Hall–Kier alpha value is -2.31. The summed E-state index contributed by atoms with van der Waals surface area (Å²) in [5.74, 6) is 0.0333. The van der Waals surface area contributed by atoms with Gasteiger partial charge in [0.2, 0.25) is 0 Å². The molecule has 35 heavy (non-hydrogen) atoms. The van der Waals surface area contributed by atoms with Crippen molar-refractivity contribution in [2.45, 2.75) is 55.7 Å². The molecule has 2 heterocycles. The van der Waals surface area contributed by atoms with Crippen LogP contribution in [-0.4, -0.2) is 56.0 Å². The molecule has 1 aromatic carbocycles. The number of benzene rings is 1. The predicted molar refractivity (Wildman–Crippen MR) is 122 cm³/mol. The molecule has 1 aliphatic heterocycles. The average molecular weight is 517 g/mol. The molecule has 2 atom stereocenters. The van der Waals surface area contributed by atoms with Gasteiger partial charge >= 0.3 is 15.5 Å². The van der Waals surface area contributed by atoms with Crippen molar-refractivity contribution in [1.29, 1.82) is 0 Å². The van der Waals surface area contributed by atoms with E-state index in [0.29, 0.717) is 12.4 Å². The smallest absolute Gasteiger partial charge is 0.378 e. The van der Waals surface area contributed by atoms with Gasteiger partial charge in [0.1, 0.15) is 5.82 Å². The summed E-state index contributed by atoms with van der Waals surface area (Å²) in [7, 11) is -5.48. The molecule has 2 aliphatic rings. The highest BCUT2D eigenvalue weighted by Gasteiger charge is 2.48. The molecular formula is C23H28F4N4O3S. The zero-order valence-electron chi connectivity index (χ0n) is 19.0. The normalized spacial score (nSPS) is 26.0. The molecule has 0 radical (unpaired) electrons. The van der Waals surface area contributed by atoms with E-state index in [4.69, 9.17) is 4.74 Å². The Morgan fingerprint density at radius 1 is 1.09 bits per heavy atom. The van der Waals surface area contributed by atoms with Crippen molar-refractivity contribution in [3.05, 3.63) is 54.0 Å². The number of sulfonamides is 1. The number of piperidine rings is 1. The molecule has 1 saturated carbocycles. The third-order valence-corrected chi connectivity index (χ3v) is 7.99. The van der Waals surface area contributed by atoms with Crippen molar-refractivity contribution in [2.75, 3.05) is 24.6 Å². The fourth-order valence-electron chi connectivity index (χ4n) is 4.88. The van der Waals surface area contributed by atoms with Gasteiger partial charge in [0, 0.05) is 31.2 Å². The first-order valence-corrected chi connectivity index (χ1v) is 13.1. The minimum absolute atomic E-state index is 0.0911. The van der Waals surface area contributed by atoms with Crippen LogP contribution in [0.5, 0.6) is 0 Å². The van der Waals surface area contributed by atoms with Gasteiger partial charge in [-0.2, -0.15) is 18.3 Å². The van der Waals surface area contributed by atoms with E-state index in [-0.39, 0.29) is 37.4 Å². The van der Waals surface area contributed by atoms with Crippen LogP contribution in [0.4, 0.5) is 23.4 Å². The molecule has 1 N–H and O–H groups in total. The van der Waals surface area contributed by atoms with Gasteiger partial charge in [0.05, 0.1) is 12.7 Å². The minimum Gasteiger partial charge on any atom is -0.378 e. The van der Waals surface area contributed by atoms with Gasteiger partial charge in [-0.3, -0.25) is 0 Å². The lowest BCUT2D eigenvalue weighted by Crippen LogP contribution is -2.55. The molecule has 1 aromatic heterocycles. The molecule has 1 saturated heterocycles. The molecule has 1 aliphatic carbocycles. The first-order chi connectivity index (χ1) is 16.6. The van der Waals surface area contributed by atoms with Gasteiger partial charge < -0.3 is 9.64 Å². The number of halogens is 4. The Morgan fingerprint density at radius 3 is 2.51 bits per heavy atom. The van der Waals surface area contributed by atoms with Crippen LogP contribution < -0.4 is 9.62 Å². The molecule has 2 aromatic rings. The third-order valence-electron chi connectivity index (χ3n) is 6.77. The minimum atomic E-state index is -5.48. The highest BCUT2D eigenvalue weighted by Crippen LogP contribution is 2.35. The van der Waals surface area contributed by atoms with Crippen LogP contribution in [0.2, 0.25) is 0 Å². The van der Waals surface area contributed by atoms with Crippen molar-refractivity contribution in [2.24, 2.45) is 5.92 Å². The zero-order chi connectivity index (χ0) is 25.1. The van der Waals surface area contributed by atoms with E-state index in [1.165, 1.54) is 12.3 Å². The molecule has 4 rings (SSSR count). The number of hydrogen-bond donors (Lipinski definition) is 1. The van der Waals surface area contributed by atoms with Gasteiger partial charge in [0.15, 0.2) is 5.82 Å². The van der Waals surface area contributed by atoms with Crippen LogP contribution in [0.25, 0.3) is 0 Å². The second-order valence-corrected chi connectivity index (χ2v) is 10.8. The molecule has 192 valence electrons. The zero-order valence-corrected chi connectivity index (χ0v) is 19.8. The highest BCUT2D eigenvalue weighted by molar-refractivity contribution is 7.90. The van der Waals surface area contributed by atoms with E-state index < -0.39 is 27.5 Å².